The second kappa shape index (κ2) is 13.6. The summed E-state index contributed by atoms with van der Waals surface area (Å²) in [5, 5.41) is 11.3. The molecule has 0 unspecified atom stereocenters. The standard InChI is InChI=1S/C52H44N8/c1-51(2)41-22-5-9-26-47(41)59(48-27-10-6-23-42(48)51)39-20-14-18-37(31-39)57-33-45(53-55-57)35-16-13-17-36(30-35)46-34-58(56-54-46)38-19-15-21-40(32-38)60-49-28-11-7-24-43(49)52(3,4)44-25-8-12-29-50(44)60/h5-34,53,55H,1-4H3. The lowest BCUT2D eigenvalue weighted by Crippen LogP contribution is -2.36. The first-order valence-corrected chi connectivity index (χ1v) is 20.5. The van der Waals surface area contributed by atoms with Crippen LogP contribution in [-0.2, 0) is 10.8 Å². The number of nitrogens with zero attached hydrogens (tertiary/aromatic N) is 6. The fourth-order valence-corrected chi connectivity index (χ4v) is 9.42. The number of para-hydroxylation sites is 4. The van der Waals surface area contributed by atoms with E-state index in [-0.39, 0.29) is 10.8 Å². The van der Waals surface area contributed by atoms with Crippen LogP contribution in [0.2, 0.25) is 0 Å². The molecule has 1 aromatic heterocycles. The number of anilines is 7. The van der Waals surface area contributed by atoms with Crippen LogP contribution in [0, 0.1) is 0 Å². The second-order valence-corrected chi connectivity index (χ2v) is 16.8. The highest BCUT2D eigenvalue weighted by Gasteiger charge is 2.38. The summed E-state index contributed by atoms with van der Waals surface area (Å²) >= 11 is 0. The first-order chi connectivity index (χ1) is 29.3. The Kier molecular flexibility index (Phi) is 8.08. The van der Waals surface area contributed by atoms with Crippen molar-refractivity contribution in [3.8, 4) is 16.9 Å². The van der Waals surface area contributed by atoms with Crippen molar-refractivity contribution in [1.29, 1.82) is 0 Å². The summed E-state index contributed by atoms with van der Waals surface area (Å²) in [4.78, 5) is 4.75. The van der Waals surface area contributed by atoms with Crippen molar-refractivity contribution in [2.24, 2.45) is 0 Å². The fraction of sp³-hybridized carbons (Fsp3) is 0.115. The summed E-state index contributed by atoms with van der Waals surface area (Å²) in [6.45, 7) is 9.25. The molecule has 0 saturated carbocycles. The Morgan fingerprint density at radius 2 is 0.900 bits per heavy atom. The summed E-state index contributed by atoms with van der Waals surface area (Å²) in [7, 11) is 0. The lowest BCUT2D eigenvalue weighted by atomic mass is 9.73. The van der Waals surface area contributed by atoms with Crippen LogP contribution in [0.25, 0.3) is 22.6 Å². The third-order valence-corrected chi connectivity index (χ3v) is 12.5. The fourth-order valence-electron chi connectivity index (χ4n) is 9.42. The molecular weight excluding hydrogens is 737 g/mol. The third-order valence-electron chi connectivity index (χ3n) is 12.5. The molecular formula is C52H44N8. The number of hydrazine groups is 2. The van der Waals surface area contributed by atoms with E-state index in [1.54, 1.807) is 0 Å². The van der Waals surface area contributed by atoms with Crippen molar-refractivity contribution in [2.75, 3.05) is 14.8 Å². The zero-order valence-corrected chi connectivity index (χ0v) is 34.0. The highest BCUT2D eigenvalue weighted by molar-refractivity contribution is 5.88. The number of hydrogen-bond donors (Lipinski definition) is 2. The minimum atomic E-state index is -0.119. The molecule has 0 aliphatic carbocycles. The quantitative estimate of drug-likeness (QED) is 0.174. The Bertz CT molecular complexity index is 2890. The Hall–Kier alpha value is -7.42. The van der Waals surface area contributed by atoms with Crippen molar-refractivity contribution in [3.05, 3.63) is 210 Å². The normalized spacial score (nSPS) is 15.7. The molecule has 0 bridgehead atoms. The van der Waals surface area contributed by atoms with Crippen LogP contribution in [0.5, 0.6) is 0 Å². The number of rotatable bonds is 6. The van der Waals surface area contributed by atoms with Crippen molar-refractivity contribution >= 4 is 45.5 Å². The van der Waals surface area contributed by atoms with Gasteiger partial charge in [0.25, 0.3) is 0 Å². The van der Waals surface area contributed by atoms with Gasteiger partial charge >= 0.3 is 0 Å². The van der Waals surface area contributed by atoms with Crippen molar-refractivity contribution in [3.63, 3.8) is 0 Å². The first-order valence-electron chi connectivity index (χ1n) is 20.5. The van der Waals surface area contributed by atoms with E-state index >= 15 is 0 Å². The summed E-state index contributed by atoms with van der Waals surface area (Å²) in [5.41, 5.74) is 24.4. The topological polar surface area (TPSA) is 64.5 Å². The van der Waals surface area contributed by atoms with Gasteiger partial charge in [-0.05, 0) is 89.0 Å². The first kappa shape index (κ1) is 35.7. The summed E-state index contributed by atoms with van der Waals surface area (Å²) < 4.78 is 1.86. The van der Waals surface area contributed by atoms with E-state index in [2.05, 4.69) is 235 Å². The molecule has 4 heterocycles. The van der Waals surface area contributed by atoms with Gasteiger partial charge in [-0.25, -0.2) is 4.68 Å². The summed E-state index contributed by atoms with van der Waals surface area (Å²) in [5.74, 6) is 0. The van der Waals surface area contributed by atoms with Gasteiger partial charge in [-0.2, -0.15) is 0 Å². The van der Waals surface area contributed by atoms with Gasteiger partial charge in [-0.3, -0.25) is 5.01 Å². The van der Waals surface area contributed by atoms with Crippen LogP contribution in [0.15, 0.2) is 182 Å². The maximum absolute atomic E-state index is 4.65. The summed E-state index contributed by atoms with van der Waals surface area (Å²) in [6.07, 6.45) is 4.10. The van der Waals surface area contributed by atoms with Gasteiger partial charge in [0.1, 0.15) is 5.69 Å². The van der Waals surface area contributed by atoms with Crippen LogP contribution >= 0.6 is 0 Å². The van der Waals surface area contributed by atoms with E-state index in [1.165, 1.54) is 45.0 Å². The van der Waals surface area contributed by atoms with Crippen LogP contribution < -0.4 is 25.8 Å². The van der Waals surface area contributed by atoms with Crippen molar-refractivity contribution < 1.29 is 0 Å². The molecule has 60 heavy (non-hydrogen) atoms. The Morgan fingerprint density at radius 1 is 0.450 bits per heavy atom. The highest BCUT2D eigenvalue weighted by atomic mass is 15.7. The van der Waals surface area contributed by atoms with Crippen LogP contribution in [-0.4, -0.2) is 15.0 Å². The van der Waals surface area contributed by atoms with Gasteiger partial charge in [0, 0.05) is 39.5 Å². The zero-order valence-electron chi connectivity index (χ0n) is 34.0. The van der Waals surface area contributed by atoms with E-state index in [0.717, 1.165) is 45.3 Å². The Labute approximate surface area is 350 Å². The zero-order chi connectivity index (χ0) is 40.6. The number of aromatic nitrogens is 3. The smallest absolute Gasteiger partial charge is 0.113 e. The molecule has 3 aliphatic rings. The lowest BCUT2D eigenvalue weighted by Gasteiger charge is -2.42. The SMILES string of the molecule is CC1(C)c2ccccc2N(c2cccc(N3C=C(c4cccc(-c5cn(-c6cccc(N7c8ccccc8C(C)(C)c8ccccc87)c6)nn5)c4)NN3)c2)c2ccccc21. The van der Waals surface area contributed by atoms with Gasteiger partial charge in [0.15, 0.2) is 0 Å². The molecule has 0 saturated heterocycles. The van der Waals surface area contributed by atoms with E-state index < -0.39 is 0 Å². The molecule has 0 radical (unpaired) electrons. The van der Waals surface area contributed by atoms with E-state index in [0.29, 0.717) is 0 Å². The largest absolute Gasteiger partial charge is 0.310 e. The van der Waals surface area contributed by atoms with Crippen LogP contribution in [0.3, 0.4) is 0 Å². The molecule has 0 amide bonds. The lowest BCUT2D eigenvalue weighted by molar-refractivity contribution is 0.631. The highest BCUT2D eigenvalue weighted by Crippen LogP contribution is 2.53. The maximum Gasteiger partial charge on any atom is 0.113 e. The van der Waals surface area contributed by atoms with E-state index in [4.69, 9.17) is 0 Å². The number of fused-ring (bicyclic) bond motifs is 4. The molecule has 3 aliphatic heterocycles. The minimum Gasteiger partial charge on any atom is -0.310 e. The van der Waals surface area contributed by atoms with Crippen LogP contribution in [0.1, 0.15) is 55.5 Å². The molecule has 292 valence electrons. The monoisotopic (exact) mass is 780 g/mol. The minimum absolute atomic E-state index is 0.112. The predicted octanol–water partition coefficient (Wildman–Crippen LogP) is 12.0. The molecule has 0 fully saturated rings. The van der Waals surface area contributed by atoms with Crippen molar-refractivity contribution in [1.82, 2.24) is 26.0 Å². The van der Waals surface area contributed by atoms with Gasteiger partial charge in [0.05, 0.1) is 46.0 Å². The molecule has 8 aromatic rings. The molecule has 8 nitrogen and oxygen atoms in total. The third kappa shape index (κ3) is 5.63. The number of nitrogens with one attached hydrogen (secondary N) is 2. The van der Waals surface area contributed by atoms with Gasteiger partial charge < -0.3 is 15.2 Å². The second-order valence-electron chi connectivity index (χ2n) is 16.8. The number of hydrogen-bond acceptors (Lipinski definition) is 7. The predicted molar refractivity (Wildman–Crippen MR) is 244 cm³/mol. The van der Waals surface area contributed by atoms with Crippen molar-refractivity contribution in [2.45, 2.75) is 38.5 Å². The molecule has 0 spiro atoms. The van der Waals surface area contributed by atoms with E-state index in [9.17, 15) is 0 Å². The Morgan fingerprint density at radius 3 is 1.45 bits per heavy atom. The summed E-state index contributed by atoms with van der Waals surface area (Å²) in [6, 6.07) is 60.5. The van der Waals surface area contributed by atoms with Crippen LogP contribution in [0.4, 0.5) is 39.8 Å². The molecule has 11 rings (SSSR count). The number of benzene rings is 7. The molecule has 2 N–H and O–H groups in total. The molecule has 7 aromatic carbocycles. The van der Waals surface area contributed by atoms with Gasteiger partial charge in [-0.1, -0.05) is 136 Å². The maximum atomic E-state index is 4.65. The van der Waals surface area contributed by atoms with E-state index in [1.807, 2.05) is 15.9 Å². The van der Waals surface area contributed by atoms with Gasteiger partial charge in [0.2, 0.25) is 0 Å². The average molecular weight is 781 g/mol. The Balaban J connectivity index is 0.872. The average Bonchev–Trinajstić information content (AvgIpc) is 3.99. The molecule has 8 heteroatoms. The molecule has 0 atom stereocenters. The van der Waals surface area contributed by atoms with Gasteiger partial charge in [-0.15, -0.1) is 10.6 Å².